The first-order valence-electron chi connectivity index (χ1n) is 7.37. The van der Waals surface area contributed by atoms with Crippen molar-refractivity contribution in [3.63, 3.8) is 0 Å². The Morgan fingerprint density at radius 3 is 2.13 bits per heavy atom. The van der Waals surface area contributed by atoms with E-state index >= 15 is 0 Å². The highest BCUT2D eigenvalue weighted by Crippen LogP contribution is 2.27. The number of carbonyl (C=O) groups excluding carboxylic acids is 1. The molecule has 1 aromatic rings. The van der Waals surface area contributed by atoms with Crippen LogP contribution in [0.15, 0.2) is 18.2 Å². The molecule has 0 bridgehead atoms. The maximum Gasteiger partial charge on any atom is 0.224 e. The first kappa shape index (κ1) is 21.3. The molecule has 2 atom stereocenters. The molecule has 0 radical (unpaired) electrons. The molecule has 1 amide bonds. The lowest BCUT2D eigenvalue weighted by Gasteiger charge is -2.15. The van der Waals surface area contributed by atoms with Gasteiger partial charge in [-0.2, -0.15) is 0 Å². The van der Waals surface area contributed by atoms with Crippen LogP contribution in [0.5, 0.6) is 17.2 Å². The highest BCUT2D eigenvalue weighted by molar-refractivity contribution is 5.85. The van der Waals surface area contributed by atoms with E-state index in [-0.39, 0.29) is 30.3 Å². The number of nitrogens with two attached hydrogens (primary N) is 1. The number of rotatable bonds is 9. The number of hydrogen-bond donors (Lipinski definition) is 2. The number of halogens is 1. The second-order valence-corrected chi connectivity index (χ2v) is 5.19. The second kappa shape index (κ2) is 11.0. The molecule has 6 nitrogen and oxygen atoms in total. The third-order valence-corrected chi connectivity index (χ3v) is 3.42. The first-order chi connectivity index (χ1) is 10.5. The molecule has 7 heteroatoms. The van der Waals surface area contributed by atoms with Gasteiger partial charge in [0.2, 0.25) is 5.91 Å². The normalized spacial score (nSPS) is 12.6. The SMILES string of the molecule is COc1cc(OC)cc(OCCCNC(=O)C(C)C(C)N)c1.Cl. The Hall–Kier alpha value is -1.66. The van der Waals surface area contributed by atoms with E-state index in [1.54, 1.807) is 32.4 Å². The zero-order chi connectivity index (χ0) is 16.5. The summed E-state index contributed by atoms with van der Waals surface area (Å²) < 4.78 is 16.0. The lowest BCUT2D eigenvalue weighted by Crippen LogP contribution is -2.39. The topological polar surface area (TPSA) is 82.8 Å². The standard InChI is InChI=1S/C16H26N2O4.ClH/c1-11(12(2)17)16(19)18-6-5-7-22-15-9-13(20-3)8-14(10-15)21-4;/h8-12H,5-7,17H2,1-4H3,(H,18,19);1H. The number of methoxy groups -OCH3 is 2. The van der Waals surface area contributed by atoms with Gasteiger partial charge in [0.15, 0.2) is 0 Å². The Bertz CT molecular complexity index is 461. The summed E-state index contributed by atoms with van der Waals surface area (Å²) in [6.45, 7) is 4.68. The molecule has 2 unspecified atom stereocenters. The Balaban J connectivity index is 0.00000484. The van der Waals surface area contributed by atoms with Crippen LogP contribution >= 0.6 is 12.4 Å². The van der Waals surface area contributed by atoms with Crippen LogP contribution in [0, 0.1) is 5.92 Å². The average molecular weight is 347 g/mol. The Kier molecular flexibility index (Phi) is 10.2. The minimum absolute atomic E-state index is 0. The number of hydrogen-bond acceptors (Lipinski definition) is 5. The summed E-state index contributed by atoms with van der Waals surface area (Å²) in [7, 11) is 3.18. The summed E-state index contributed by atoms with van der Waals surface area (Å²) in [5.74, 6) is 1.80. The van der Waals surface area contributed by atoms with Crippen LogP contribution in [0.1, 0.15) is 20.3 Å². The predicted molar refractivity (Wildman–Crippen MR) is 92.7 cm³/mol. The van der Waals surface area contributed by atoms with Gasteiger partial charge in [-0.15, -0.1) is 12.4 Å². The van der Waals surface area contributed by atoms with Crippen molar-refractivity contribution in [2.45, 2.75) is 26.3 Å². The van der Waals surface area contributed by atoms with Crippen molar-refractivity contribution in [1.29, 1.82) is 0 Å². The monoisotopic (exact) mass is 346 g/mol. The zero-order valence-electron chi connectivity index (χ0n) is 14.1. The quantitative estimate of drug-likeness (QED) is 0.668. The van der Waals surface area contributed by atoms with E-state index in [0.717, 1.165) is 0 Å². The number of carbonyl (C=O) groups is 1. The zero-order valence-corrected chi connectivity index (χ0v) is 14.9. The minimum Gasteiger partial charge on any atom is -0.496 e. The van der Waals surface area contributed by atoms with Crippen LogP contribution < -0.4 is 25.3 Å². The van der Waals surface area contributed by atoms with Crippen LogP contribution in [-0.4, -0.2) is 39.3 Å². The minimum atomic E-state index is -0.191. The van der Waals surface area contributed by atoms with E-state index in [4.69, 9.17) is 19.9 Å². The molecule has 1 aromatic carbocycles. The lowest BCUT2D eigenvalue weighted by atomic mass is 10.0. The molecule has 0 heterocycles. The van der Waals surface area contributed by atoms with Gasteiger partial charge in [-0.3, -0.25) is 4.79 Å². The molecule has 0 aliphatic heterocycles. The predicted octanol–water partition coefficient (Wildman–Crippen LogP) is 1.99. The van der Waals surface area contributed by atoms with E-state index in [1.807, 2.05) is 13.8 Å². The van der Waals surface area contributed by atoms with Crippen LogP contribution in [0.2, 0.25) is 0 Å². The van der Waals surface area contributed by atoms with Crippen molar-refractivity contribution in [3.8, 4) is 17.2 Å². The van der Waals surface area contributed by atoms with Gasteiger partial charge in [-0.05, 0) is 13.3 Å². The van der Waals surface area contributed by atoms with Crippen molar-refractivity contribution < 1.29 is 19.0 Å². The van der Waals surface area contributed by atoms with Crippen molar-refractivity contribution in [2.75, 3.05) is 27.4 Å². The highest BCUT2D eigenvalue weighted by atomic mass is 35.5. The fourth-order valence-electron chi connectivity index (χ4n) is 1.74. The maximum atomic E-state index is 11.7. The van der Waals surface area contributed by atoms with Crippen molar-refractivity contribution in [3.05, 3.63) is 18.2 Å². The molecule has 132 valence electrons. The smallest absolute Gasteiger partial charge is 0.224 e. The van der Waals surface area contributed by atoms with Gasteiger partial charge in [0.25, 0.3) is 0 Å². The summed E-state index contributed by atoms with van der Waals surface area (Å²) >= 11 is 0. The fourth-order valence-corrected chi connectivity index (χ4v) is 1.74. The number of benzene rings is 1. The van der Waals surface area contributed by atoms with Crippen LogP contribution in [-0.2, 0) is 4.79 Å². The van der Waals surface area contributed by atoms with Crippen LogP contribution in [0.4, 0.5) is 0 Å². The average Bonchev–Trinajstić information content (AvgIpc) is 2.52. The van der Waals surface area contributed by atoms with E-state index < -0.39 is 0 Å². The van der Waals surface area contributed by atoms with Gasteiger partial charge >= 0.3 is 0 Å². The van der Waals surface area contributed by atoms with E-state index in [2.05, 4.69) is 5.32 Å². The fraction of sp³-hybridized carbons (Fsp3) is 0.562. The third kappa shape index (κ3) is 7.43. The van der Waals surface area contributed by atoms with Gasteiger partial charge in [-0.1, -0.05) is 6.92 Å². The Morgan fingerprint density at radius 2 is 1.65 bits per heavy atom. The van der Waals surface area contributed by atoms with E-state index in [9.17, 15) is 4.79 Å². The molecule has 1 rings (SSSR count). The number of amides is 1. The summed E-state index contributed by atoms with van der Waals surface area (Å²) in [6.07, 6.45) is 0.705. The molecule has 0 spiro atoms. The molecule has 3 N–H and O–H groups in total. The lowest BCUT2D eigenvalue weighted by molar-refractivity contribution is -0.124. The molecule has 0 fully saturated rings. The van der Waals surface area contributed by atoms with Gasteiger partial charge in [0, 0.05) is 36.7 Å². The largest absolute Gasteiger partial charge is 0.496 e. The van der Waals surface area contributed by atoms with Crippen molar-refractivity contribution in [2.24, 2.45) is 11.7 Å². The van der Waals surface area contributed by atoms with E-state index in [1.165, 1.54) is 0 Å². The van der Waals surface area contributed by atoms with Crippen LogP contribution in [0.3, 0.4) is 0 Å². The van der Waals surface area contributed by atoms with Crippen LogP contribution in [0.25, 0.3) is 0 Å². The number of nitrogens with one attached hydrogen (secondary N) is 1. The summed E-state index contributed by atoms with van der Waals surface area (Å²) in [4.78, 5) is 11.7. The van der Waals surface area contributed by atoms with E-state index in [0.29, 0.717) is 36.8 Å². The third-order valence-electron chi connectivity index (χ3n) is 3.42. The molecular formula is C16H27ClN2O4. The first-order valence-corrected chi connectivity index (χ1v) is 7.37. The summed E-state index contributed by atoms with van der Waals surface area (Å²) in [5.41, 5.74) is 5.69. The van der Waals surface area contributed by atoms with Gasteiger partial charge in [0.1, 0.15) is 17.2 Å². The Morgan fingerprint density at radius 1 is 1.13 bits per heavy atom. The molecule has 0 aliphatic carbocycles. The molecular weight excluding hydrogens is 320 g/mol. The maximum absolute atomic E-state index is 11.7. The highest BCUT2D eigenvalue weighted by Gasteiger charge is 2.15. The van der Waals surface area contributed by atoms with Crippen molar-refractivity contribution >= 4 is 18.3 Å². The van der Waals surface area contributed by atoms with Crippen molar-refractivity contribution in [1.82, 2.24) is 5.32 Å². The molecule has 0 aromatic heterocycles. The summed E-state index contributed by atoms with van der Waals surface area (Å²) in [6, 6.07) is 5.21. The Labute approximate surface area is 144 Å². The van der Waals surface area contributed by atoms with Gasteiger partial charge in [0.05, 0.1) is 20.8 Å². The summed E-state index contributed by atoms with van der Waals surface area (Å²) in [5, 5.41) is 2.85. The molecule has 0 saturated heterocycles. The van der Waals surface area contributed by atoms with Gasteiger partial charge in [-0.25, -0.2) is 0 Å². The second-order valence-electron chi connectivity index (χ2n) is 5.19. The number of ether oxygens (including phenoxy) is 3. The molecule has 23 heavy (non-hydrogen) atoms. The molecule has 0 aliphatic rings. The molecule has 0 saturated carbocycles. The van der Waals surface area contributed by atoms with Gasteiger partial charge < -0.3 is 25.3 Å².